The smallest absolute Gasteiger partial charge is 0.261 e. The van der Waals surface area contributed by atoms with Crippen LogP contribution in [0.5, 0.6) is 0 Å². The molecule has 0 saturated heterocycles. The maximum atomic E-state index is 12.9. The molecule has 2 aromatic carbocycles. The number of benzene rings is 2. The molecule has 0 bridgehead atoms. The van der Waals surface area contributed by atoms with Crippen molar-refractivity contribution in [3.05, 3.63) is 64.7 Å². The number of rotatable bonds is 5. The highest BCUT2D eigenvalue weighted by Crippen LogP contribution is 2.31. The number of primary sulfonamides is 1. The molecule has 1 saturated carbocycles. The molecule has 162 valence electrons. The van der Waals surface area contributed by atoms with E-state index in [1.165, 1.54) is 29.2 Å². The number of fused-ring (bicyclic) bond motifs is 1. The Hall–Kier alpha value is -3.04. The third kappa shape index (κ3) is 4.52. The van der Waals surface area contributed by atoms with Crippen molar-refractivity contribution in [2.24, 2.45) is 5.14 Å². The van der Waals surface area contributed by atoms with Crippen LogP contribution in [0.15, 0.2) is 42.5 Å². The van der Waals surface area contributed by atoms with Crippen LogP contribution in [-0.4, -0.2) is 37.1 Å². The Balaban J connectivity index is 1.53. The van der Waals surface area contributed by atoms with Gasteiger partial charge >= 0.3 is 0 Å². The second-order valence-electron chi connectivity index (χ2n) is 7.99. The van der Waals surface area contributed by atoms with Gasteiger partial charge in [0.25, 0.3) is 17.7 Å². The highest BCUT2D eigenvalue weighted by molar-refractivity contribution is 7.88. The maximum Gasteiger partial charge on any atom is 0.261 e. The summed E-state index contributed by atoms with van der Waals surface area (Å²) >= 11 is 0. The van der Waals surface area contributed by atoms with Gasteiger partial charge in [0.15, 0.2) is 0 Å². The van der Waals surface area contributed by atoms with Gasteiger partial charge in [-0.3, -0.25) is 19.3 Å². The van der Waals surface area contributed by atoms with Crippen LogP contribution in [0.2, 0.25) is 0 Å². The van der Waals surface area contributed by atoms with E-state index in [1.807, 2.05) is 0 Å². The number of carbonyl (C=O) groups excluding carboxylic acids is 3. The van der Waals surface area contributed by atoms with E-state index >= 15 is 0 Å². The molecule has 3 amide bonds. The number of carbonyl (C=O) groups is 3. The zero-order valence-corrected chi connectivity index (χ0v) is 17.7. The zero-order valence-electron chi connectivity index (χ0n) is 16.8. The number of anilines is 1. The van der Waals surface area contributed by atoms with Crippen molar-refractivity contribution in [3.63, 3.8) is 0 Å². The summed E-state index contributed by atoms with van der Waals surface area (Å²) in [6, 6.07) is 10.7. The zero-order chi connectivity index (χ0) is 22.2. The largest absolute Gasteiger partial charge is 0.322 e. The fraction of sp³-hybridized carbons (Fsp3) is 0.318. The first kappa shape index (κ1) is 21.2. The molecule has 8 nitrogen and oxygen atoms in total. The fourth-order valence-corrected chi connectivity index (χ4v) is 4.89. The molecular weight excluding hydrogens is 418 g/mol. The van der Waals surface area contributed by atoms with Gasteiger partial charge in [0.05, 0.1) is 16.9 Å². The van der Waals surface area contributed by atoms with E-state index in [9.17, 15) is 22.8 Å². The first-order chi connectivity index (χ1) is 14.7. The summed E-state index contributed by atoms with van der Waals surface area (Å²) in [4.78, 5) is 39.8. The average Bonchev–Trinajstić information content (AvgIpc) is 2.97. The van der Waals surface area contributed by atoms with Crippen LogP contribution in [-0.2, 0) is 15.8 Å². The number of imide groups is 1. The van der Waals surface area contributed by atoms with Crippen molar-refractivity contribution < 1.29 is 22.8 Å². The van der Waals surface area contributed by atoms with Crippen LogP contribution in [0.4, 0.5) is 5.69 Å². The standard InChI is InChI=1S/C22H23N3O5S/c23-31(29,30)13-14-5-4-6-16(11-14)24-20(26)15-9-10-18-19(12-15)22(28)25(21(18)27)17-7-2-1-3-8-17/h4-6,9-12,17H,1-3,7-8,13H2,(H,24,26)(H2,23,29,30). The number of sulfonamides is 1. The summed E-state index contributed by atoms with van der Waals surface area (Å²) in [6.07, 6.45) is 4.73. The molecule has 9 heteroatoms. The molecule has 1 fully saturated rings. The SMILES string of the molecule is NS(=O)(=O)Cc1cccc(NC(=O)c2ccc3c(c2)C(=O)N(C2CCCCC2)C3=O)c1. The molecule has 0 spiro atoms. The van der Waals surface area contributed by atoms with Gasteiger partial charge in [-0.15, -0.1) is 0 Å². The summed E-state index contributed by atoms with van der Waals surface area (Å²) in [6.45, 7) is 0. The van der Waals surface area contributed by atoms with Crippen LogP contribution in [0, 0.1) is 0 Å². The molecule has 1 aliphatic heterocycles. The van der Waals surface area contributed by atoms with Crippen molar-refractivity contribution >= 4 is 33.4 Å². The Morgan fingerprint density at radius 2 is 1.71 bits per heavy atom. The molecule has 31 heavy (non-hydrogen) atoms. The first-order valence-corrected chi connectivity index (χ1v) is 11.9. The predicted molar refractivity (Wildman–Crippen MR) is 115 cm³/mol. The number of nitrogens with one attached hydrogen (secondary N) is 1. The lowest BCUT2D eigenvalue weighted by Gasteiger charge is -2.29. The molecule has 3 N–H and O–H groups in total. The van der Waals surface area contributed by atoms with E-state index in [0.29, 0.717) is 16.8 Å². The first-order valence-electron chi connectivity index (χ1n) is 10.2. The lowest BCUT2D eigenvalue weighted by atomic mass is 9.94. The molecule has 0 atom stereocenters. The topological polar surface area (TPSA) is 127 Å². The lowest BCUT2D eigenvalue weighted by Crippen LogP contribution is -2.40. The third-order valence-electron chi connectivity index (χ3n) is 5.67. The maximum absolute atomic E-state index is 12.9. The number of nitrogens with zero attached hydrogens (tertiary/aromatic N) is 1. The van der Waals surface area contributed by atoms with Crippen LogP contribution >= 0.6 is 0 Å². The number of hydrogen-bond donors (Lipinski definition) is 2. The normalized spacial score (nSPS) is 17.0. The van der Waals surface area contributed by atoms with Gasteiger partial charge in [-0.2, -0.15) is 0 Å². The molecule has 4 rings (SSSR count). The van der Waals surface area contributed by atoms with Crippen LogP contribution < -0.4 is 10.5 Å². The van der Waals surface area contributed by atoms with Crippen molar-refractivity contribution in [3.8, 4) is 0 Å². The average molecular weight is 442 g/mol. The highest BCUT2D eigenvalue weighted by atomic mass is 32.2. The van der Waals surface area contributed by atoms with Crippen molar-refractivity contribution in [1.29, 1.82) is 0 Å². The van der Waals surface area contributed by atoms with Gasteiger partial charge in [0.2, 0.25) is 10.0 Å². The fourth-order valence-electron chi connectivity index (χ4n) is 4.25. The summed E-state index contributed by atoms with van der Waals surface area (Å²) in [5.41, 5.74) is 1.65. The molecular formula is C22H23N3O5S. The molecule has 0 aromatic heterocycles. The molecule has 0 radical (unpaired) electrons. The monoisotopic (exact) mass is 441 g/mol. The lowest BCUT2D eigenvalue weighted by molar-refractivity contribution is 0.0548. The Labute approximate surface area is 180 Å². The van der Waals surface area contributed by atoms with Crippen molar-refractivity contribution in [1.82, 2.24) is 4.90 Å². The van der Waals surface area contributed by atoms with E-state index in [-0.39, 0.29) is 34.7 Å². The van der Waals surface area contributed by atoms with Gasteiger partial charge in [-0.05, 0) is 48.7 Å². The van der Waals surface area contributed by atoms with E-state index in [0.717, 1.165) is 32.1 Å². The van der Waals surface area contributed by atoms with Crippen LogP contribution in [0.1, 0.15) is 68.7 Å². The Morgan fingerprint density at radius 1 is 1.00 bits per heavy atom. The van der Waals surface area contributed by atoms with E-state index < -0.39 is 15.9 Å². The van der Waals surface area contributed by atoms with E-state index in [1.54, 1.807) is 18.2 Å². The predicted octanol–water partition coefficient (Wildman–Crippen LogP) is 2.66. The summed E-state index contributed by atoms with van der Waals surface area (Å²) in [5.74, 6) is -1.46. The Bertz CT molecular complexity index is 1170. The minimum absolute atomic E-state index is 0.0833. The summed E-state index contributed by atoms with van der Waals surface area (Å²) in [5, 5.41) is 7.76. The minimum atomic E-state index is -3.69. The van der Waals surface area contributed by atoms with Gasteiger partial charge < -0.3 is 5.32 Å². The summed E-state index contributed by atoms with van der Waals surface area (Å²) in [7, 11) is -3.69. The van der Waals surface area contributed by atoms with Gasteiger partial charge in [0.1, 0.15) is 0 Å². The van der Waals surface area contributed by atoms with Crippen molar-refractivity contribution in [2.75, 3.05) is 5.32 Å². The molecule has 0 unspecified atom stereocenters. The third-order valence-corrected chi connectivity index (χ3v) is 6.41. The number of amides is 3. The van der Waals surface area contributed by atoms with Crippen LogP contribution in [0.25, 0.3) is 0 Å². The minimum Gasteiger partial charge on any atom is -0.322 e. The molecule has 2 aliphatic rings. The second-order valence-corrected chi connectivity index (χ2v) is 9.61. The summed E-state index contributed by atoms with van der Waals surface area (Å²) < 4.78 is 22.6. The quantitative estimate of drug-likeness (QED) is 0.690. The van der Waals surface area contributed by atoms with Gasteiger partial charge in [-0.25, -0.2) is 13.6 Å². The molecule has 1 heterocycles. The Kier molecular flexibility index (Phi) is 5.63. The van der Waals surface area contributed by atoms with E-state index in [2.05, 4.69) is 5.32 Å². The second kappa shape index (κ2) is 8.24. The molecule has 2 aromatic rings. The van der Waals surface area contributed by atoms with Crippen LogP contribution in [0.3, 0.4) is 0 Å². The van der Waals surface area contributed by atoms with Gasteiger partial charge in [0, 0.05) is 17.3 Å². The molecule has 1 aliphatic carbocycles. The number of nitrogens with two attached hydrogens (primary N) is 1. The Morgan fingerprint density at radius 3 is 2.42 bits per heavy atom. The van der Waals surface area contributed by atoms with E-state index in [4.69, 9.17) is 5.14 Å². The van der Waals surface area contributed by atoms with Crippen molar-refractivity contribution in [2.45, 2.75) is 43.9 Å². The van der Waals surface area contributed by atoms with Gasteiger partial charge in [-0.1, -0.05) is 31.4 Å². The number of hydrogen-bond acceptors (Lipinski definition) is 5. The highest BCUT2D eigenvalue weighted by Gasteiger charge is 2.40.